The highest BCUT2D eigenvalue weighted by atomic mass is 127. The zero-order valence-corrected chi connectivity index (χ0v) is 21.4. The van der Waals surface area contributed by atoms with Crippen LogP contribution in [0.3, 0.4) is 0 Å². The number of β-amino-alcohol motifs (C(OH)–C–C–N with tert-alkyl or cyclic N) is 1. The molecule has 194 valence electrons. The highest BCUT2D eigenvalue weighted by Crippen LogP contribution is 2.32. The Morgan fingerprint density at radius 2 is 1.89 bits per heavy atom. The van der Waals surface area contributed by atoms with Crippen molar-refractivity contribution in [2.75, 3.05) is 25.0 Å². The van der Waals surface area contributed by atoms with Gasteiger partial charge in [-0.25, -0.2) is 13.2 Å². The fourth-order valence-electron chi connectivity index (χ4n) is 4.48. The van der Waals surface area contributed by atoms with Crippen LogP contribution < -0.4 is 10.6 Å². The molecule has 2 fully saturated rings. The number of ether oxygens (including phenoxy) is 1. The Hall–Kier alpha value is -2.42. The van der Waals surface area contributed by atoms with Gasteiger partial charge in [-0.3, -0.25) is 9.59 Å². The van der Waals surface area contributed by atoms with Crippen LogP contribution in [-0.4, -0.2) is 70.5 Å². The summed E-state index contributed by atoms with van der Waals surface area (Å²) in [6.07, 6.45) is -0.697. The Morgan fingerprint density at radius 1 is 1.17 bits per heavy atom. The van der Waals surface area contributed by atoms with Crippen molar-refractivity contribution in [3.05, 3.63) is 56.9 Å². The summed E-state index contributed by atoms with van der Waals surface area (Å²) >= 11 is 1.91. The molecule has 1 heterocycles. The first-order chi connectivity index (χ1) is 17.0. The summed E-state index contributed by atoms with van der Waals surface area (Å²) < 4.78 is 48.6. The Bertz CT molecular complexity index is 1180. The average Bonchev–Trinajstić information content (AvgIpc) is 3.13. The van der Waals surface area contributed by atoms with Gasteiger partial charge in [0.15, 0.2) is 11.6 Å². The molecule has 0 spiro atoms. The standard InChI is InChI=1S/C24H25F3IN3O5/c1-12(32)36-20-8-14(7-19(20)33)29-9-24(35)10-31(11-24)23(34)15-3-4-16(25)21(27)22(15)30-18-5-2-13(28)6-17(18)26/h2-6,14,19-20,29-30,33,35H,7-11H2,1H3/t14?,19-,20+/m1/s1. The van der Waals surface area contributed by atoms with E-state index in [0.717, 1.165) is 12.1 Å². The molecule has 0 aromatic heterocycles. The fraction of sp³-hybridized carbons (Fsp3) is 0.417. The van der Waals surface area contributed by atoms with Crippen LogP contribution in [0.2, 0.25) is 0 Å². The van der Waals surface area contributed by atoms with E-state index in [4.69, 9.17) is 4.74 Å². The lowest BCUT2D eigenvalue weighted by molar-refractivity contribution is -0.150. The molecule has 1 saturated heterocycles. The minimum Gasteiger partial charge on any atom is -0.460 e. The van der Waals surface area contributed by atoms with Crippen LogP contribution >= 0.6 is 22.6 Å². The van der Waals surface area contributed by atoms with Gasteiger partial charge in [0.1, 0.15) is 17.5 Å². The molecule has 2 aromatic carbocycles. The van der Waals surface area contributed by atoms with Gasteiger partial charge in [0.25, 0.3) is 5.91 Å². The second kappa shape index (κ2) is 10.5. The molecular formula is C24H25F3IN3O5. The first kappa shape index (κ1) is 26.6. The van der Waals surface area contributed by atoms with Crippen molar-refractivity contribution in [3.8, 4) is 0 Å². The Morgan fingerprint density at radius 3 is 2.56 bits per heavy atom. The Balaban J connectivity index is 1.40. The quantitative estimate of drug-likeness (QED) is 0.279. The van der Waals surface area contributed by atoms with Crippen molar-refractivity contribution in [2.24, 2.45) is 0 Å². The first-order valence-corrected chi connectivity index (χ1v) is 12.3. The number of anilines is 2. The van der Waals surface area contributed by atoms with E-state index in [1.807, 2.05) is 22.6 Å². The third-order valence-electron chi connectivity index (χ3n) is 6.28. The summed E-state index contributed by atoms with van der Waals surface area (Å²) in [7, 11) is 0. The zero-order valence-electron chi connectivity index (χ0n) is 19.2. The summed E-state index contributed by atoms with van der Waals surface area (Å²) in [6.45, 7) is 1.23. The molecule has 1 aliphatic carbocycles. The van der Waals surface area contributed by atoms with Gasteiger partial charge in [0.2, 0.25) is 0 Å². The van der Waals surface area contributed by atoms with E-state index >= 15 is 0 Å². The molecule has 1 saturated carbocycles. The number of rotatable bonds is 7. The largest absolute Gasteiger partial charge is 0.460 e. The molecule has 8 nitrogen and oxygen atoms in total. The van der Waals surface area contributed by atoms with Gasteiger partial charge in [0, 0.05) is 29.5 Å². The summed E-state index contributed by atoms with van der Waals surface area (Å²) in [5.74, 6) is -4.35. The molecule has 12 heteroatoms. The predicted octanol–water partition coefficient (Wildman–Crippen LogP) is 2.68. The van der Waals surface area contributed by atoms with Crippen LogP contribution in [0, 0.1) is 21.0 Å². The predicted molar refractivity (Wildman–Crippen MR) is 132 cm³/mol. The van der Waals surface area contributed by atoms with Gasteiger partial charge in [0.05, 0.1) is 36.1 Å². The molecule has 1 unspecified atom stereocenters. The second-order valence-corrected chi connectivity index (χ2v) is 10.4. The zero-order chi connectivity index (χ0) is 26.2. The van der Waals surface area contributed by atoms with E-state index in [0.29, 0.717) is 16.4 Å². The molecule has 4 N–H and O–H groups in total. The van der Waals surface area contributed by atoms with E-state index in [1.165, 1.54) is 24.0 Å². The maximum Gasteiger partial charge on any atom is 0.302 e. The molecule has 1 aliphatic heterocycles. The molecule has 2 aromatic rings. The van der Waals surface area contributed by atoms with Crippen LogP contribution in [0.15, 0.2) is 30.3 Å². The number of hydrogen-bond donors (Lipinski definition) is 4. The maximum atomic E-state index is 14.6. The van der Waals surface area contributed by atoms with Gasteiger partial charge in [-0.2, -0.15) is 0 Å². The normalized spacial score (nSPS) is 22.8. The number of carbonyl (C=O) groups is 2. The molecule has 0 bridgehead atoms. The van der Waals surface area contributed by atoms with E-state index in [1.54, 1.807) is 6.07 Å². The van der Waals surface area contributed by atoms with Gasteiger partial charge in [-0.15, -0.1) is 0 Å². The minimum atomic E-state index is -1.32. The summed E-state index contributed by atoms with van der Waals surface area (Å²) in [5.41, 5.74) is -2.09. The van der Waals surface area contributed by atoms with Crippen LogP contribution in [0.5, 0.6) is 0 Å². The summed E-state index contributed by atoms with van der Waals surface area (Å²) in [6, 6.07) is 5.88. The number of hydrogen-bond acceptors (Lipinski definition) is 7. The molecular weight excluding hydrogens is 594 g/mol. The minimum absolute atomic E-state index is 0.0716. The van der Waals surface area contributed by atoms with Gasteiger partial charge in [-0.05, 0) is 59.3 Å². The number of aliphatic hydroxyl groups is 2. The van der Waals surface area contributed by atoms with Crippen molar-refractivity contribution in [2.45, 2.75) is 43.6 Å². The SMILES string of the molecule is CC(=O)O[C@H]1CC(NCC2(O)CN(C(=O)c3ccc(F)c(F)c3Nc3ccc(I)cc3F)C2)C[C@H]1O. The third-order valence-corrected chi connectivity index (χ3v) is 6.95. The Kier molecular flexibility index (Phi) is 7.78. The summed E-state index contributed by atoms with van der Waals surface area (Å²) in [4.78, 5) is 25.5. The number of halogens is 4. The smallest absolute Gasteiger partial charge is 0.302 e. The number of likely N-dealkylation sites (tertiary alicyclic amines) is 1. The average molecular weight is 619 g/mol. The van der Waals surface area contributed by atoms with Crippen LogP contribution in [-0.2, 0) is 9.53 Å². The van der Waals surface area contributed by atoms with Gasteiger partial charge in [-0.1, -0.05) is 0 Å². The van der Waals surface area contributed by atoms with Crippen molar-refractivity contribution in [3.63, 3.8) is 0 Å². The molecule has 4 rings (SSSR count). The number of nitrogens with zero attached hydrogens (tertiary/aromatic N) is 1. The van der Waals surface area contributed by atoms with E-state index in [-0.39, 0.29) is 36.9 Å². The lowest BCUT2D eigenvalue weighted by Gasteiger charge is -2.47. The van der Waals surface area contributed by atoms with Gasteiger partial charge >= 0.3 is 5.97 Å². The second-order valence-electron chi connectivity index (χ2n) is 9.18. The van der Waals surface area contributed by atoms with Crippen LogP contribution in [0.25, 0.3) is 0 Å². The lowest BCUT2D eigenvalue weighted by Crippen LogP contribution is -2.67. The van der Waals surface area contributed by atoms with Crippen molar-refractivity contribution < 1.29 is 37.7 Å². The van der Waals surface area contributed by atoms with Crippen molar-refractivity contribution in [1.29, 1.82) is 0 Å². The van der Waals surface area contributed by atoms with Crippen LogP contribution in [0.4, 0.5) is 24.5 Å². The highest BCUT2D eigenvalue weighted by Gasteiger charge is 2.45. The molecule has 1 amide bonds. The molecule has 36 heavy (non-hydrogen) atoms. The van der Waals surface area contributed by atoms with Crippen molar-refractivity contribution in [1.82, 2.24) is 10.2 Å². The topological polar surface area (TPSA) is 111 Å². The van der Waals surface area contributed by atoms with E-state index in [2.05, 4.69) is 10.6 Å². The number of nitrogens with one attached hydrogen (secondary N) is 2. The lowest BCUT2D eigenvalue weighted by atomic mass is 9.92. The van der Waals surface area contributed by atoms with E-state index in [9.17, 15) is 33.0 Å². The number of carbonyl (C=O) groups excluding carboxylic acids is 2. The number of esters is 1. The van der Waals surface area contributed by atoms with Crippen LogP contribution in [0.1, 0.15) is 30.1 Å². The maximum absolute atomic E-state index is 14.6. The van der Waals surface area contributed by atoms with Crippen molar-refractivity contribution >= 4 is 45.8 Å². The fourth-order valence-corrected chi connectivity index (χ4v) is 4.94. The third kappa shape index (κ3) is 5.76. The first-order valence-electron chi connectivity index (χ1n) is 11.3. The molecule has 3 atom stereocenters. The molecule has 0 radical (unpaired) electrons. The Labute approximate surface area is 218 Å². The van der Waals surface area contributed by atoms with E-state index < -0.39 is 52.8 Å². The number of amides is 1. The molecule has 2 aliphatic rings. The van der Waals surface area contributed by atoms with Gasteiger partial charge < -0.3 is 30.5 Å². The summed E-state index contributed by atoms with van der Waals surface area (Å²) in [5, 5.41) is 26.4. The number of aliphatic hydroxyl groups excluding tert-OH is 1. The number of benzene rings is 2. The highest BCUT2D eigenvalue weighted by molar-refractivity contribution is 14.1. The monoisotopic (exact) mass is 619 g/mol.